The van der Waals surface area contributed by atoms with Crippen molar-refractivity contribution in [3.05, 3.63) is 65.5 Å². The normalized spacial score (nSPS) is 22.2. The minimum Gasteiger partial charge on any atom is -0.438 e. The number of nitrogens with zero attached hydrogens (tertiary/aromatic N) is 1. The zero-order valence-electron chi connectivity index (χ0n) is 18.3. The van der Waals surface area contributed by atoms with Crippen LogP contribution in [0.3, 0.4) is 0 Å². The Morgan fingerprint density at radius 3 is 2.64 bits per heavy atom. The Labute approximate surface area is 191 Å². The summed E-state index contributed by atoms with van der Waals surface area (Å²) in [6, 6.07) is 11.7. The fourth-order valence-corrected chi connectivity index (χ4v) is 4.13. The Balaban J connectivity index is 1.57. The van der Waals surface area contributed by atoms with E-state index in [1.165, 1.54) is 24.0 Å². The third kappa shape index (κ3) is 5.48. The van der Waals surface area contributed by atoms with Crippen LogP contribution in [-0.4, -0.2) is 48.1 Å². The molecule has 9 heteroatoms. The van der Waals surface area contributed by atoms with E-state index in [1.807, 2.05) is 0 Å². The Morgan fingerprint density at radius 2 is 1.97 bits per heavy atom. The number of hydrogen-bond acceptors (Lipinski definition) is 5. The molecule has 2 aliphatic rings. The lowest BCUT2D eigenvalue weighted by Gasteiger charge is -2.25. The van der Waals surface area contributed by atoms with E-state index in [0.29, 0.717) is 30.0 Å². The van der Waals surface area contributed by atoms with Crippen LogP contribution in [0.15, 0.2) is 48.5 Å². The summed E-state index contributed by atoms with van der Waals surface area (Å²) in [5.41, 5.74) is 1.74. The molecule has 33 heavy (non-hydrogen) atoms. The van der Waals surface area contributed by atoms with Crippen LogP contribution >= 0.6 is 0 Å². The van der Waals surface area contributed by atoms with Crippen LogP contribution in [0.25, 0.3) is 0 Å². The molecule has 2 aromatic rings. The molecule has 8 nitrogen and oxygen atoms in total. The summed E-state index contributed by atoms with van der Waals surface area (Å²) in [5.74, 6) is -1.00. The van der Waals surface area contributed by atoms with Crippen molar-refractivity contribution < 1.29 is 28.2 Å². The second-order valence-corrected chi connectivity index (χ2v) is 8.19. The maximum absolute atomic E-state index is 13.7. The minimum atomic E-state index is -0.950. The third-order valence-electron chi connectivity index (χ3n) is 5.68. The standard InChI is InChI=1S/C24H26FN3O5/c1-15(29)27-19-9-7-17(8-10-19)22-21(23(30)26-13-20-6-3-11-32-20)28(24(31)33-22)14-16-4-2-5-18(25)12-16/h2,4-5,7-10,12,20-22H,3,6,11,13-14H2,1H3,(H,26,30)(H,27,29). The molecule has 2 aliphatic heterocycles. The highest BCUT2D eigenvalue weighted by Gasteiger charge is 2.47. The molecule has 174 valence electrons. The van der Waals surface area contributed by atoms with Crippen LogP contribution in [0.2, 0.25) is 0 Å². The first kappa shape index (κ1) is 22.7. The molecule has 2 N–H and O–H groups in total. The molecule has 0 aliphatic carbocycles. The monoisotopic (exact) mass is 455 g/mol. The lowest BCUT2D eigenvalue weighted by atomic mass is 10.00. The van der Waals surface area contributed by atoms with Gasteiger partial charge in [0.05, 0.1) is 12.6 Å². The smallest absolute Gasteiger partial charge is 0.411 e. The number of anilines is 1. The van der Waals surface area contributed by atoms with Crippen molar-refractivity contribution in [2.45, 2.75) is 44.6 Å². The van der Waals surface area contributed by atoms with Gasteiger partial charge in [-0.1, -0.05) is 24.3 Å². The third-order valence-corrected chi connectivity index (χ3v) is 5.68. The van der Waals surface area contributed by atoms with Crippen LogP contribution in [0.1, 0.15) is 37.0 Å². The molecular formula is C24H26FN3O5. The fourth-order valence-electron chi connectivity index (χ4n) is 4.13. The molecule has 2 heterocycles. The predicted octanol–water partition coefficient (Wildman–Crippen LogP) is 3.14. The average Bonchev–Trinajstić information content (AvgIpc) is 3.41. The highest BCUT2D eigenvalue weighted by Crippen LogP contribution is 2.34. The van der Waals surface area contributed by atoms with Gasteiger partial charge in [0.15, 0.2) is 12.1 Å². The van der Waals surface area contributed by atoms with Crippen molar-refractivity contribution in [2.75, 3.05) is 18.5 Å². The summed E-state index contributed by atoms with van der Waals surface area (Å²) in [6.45, 7) is 2.44. The molecule has 0 spiro atoms. The summed E-state index contributed by atoms with van der Waals surface area (Å²) >= 11 is 0. The van der Waals surface area contributed by atoms with E-state index in [-0.39, 0.29) is 24.5 Å². The number of hydrogen-bond donors (Lipinski definition) is 2. The fraction of sp³-hybridized carbons (Fsp3) is 0.375. The topological polar surface area (TPSA) is 97.0 Å². The van der Waals surface area contributed by atoms with Crippen LogP contribution in [0.5, 0.6) is 0 Å². The Bertz CT molecular complexity index is 1020. The number of carbonyl (C=O) groups is 3. The van der Waals surface area contributed by atoms with Gasteiger partial charge >= 0.3 is 6.09 Å². The zero-order valence-corrected chi connectivity index (χ0v) is 18.3. The first-order valence-corrected chi connectivity index (χ1v) is 10.9. The number of benzene rings is 2. The van der Waals surface area contributed by atoms with Crippen molar-refractivity contribution >= 4 is 23.6 Å². The van der Waals surface area contributed by atoms with Crippen LogP contribution in [-0.2, 0) is 25.6 Å². The summed E-state index contributed by atoms with van der Waals surface area (Å²) in [6.07, 6.45) is 0.232. The van der Waals surface area contributed by atoms with Gasteiger partial charge in [-0.15, -0.1) is 0 Å². The molecule has 4 rings (SSSR count). The van der Waals surface area contributed by atoms with E-state index in [2.05, 4.69) is 10.6 Å². The Kier molecular flexibility index (Phi) is 6.88. The zero-order chi connectivity index (χ0) is 23.4. The molecule has 0 radical (unpaired) electrons. The first-order chi connectivity index (χ1) is 15.9. The van der Waals surface area contributed by atoms with Crippen molar-refractivity contribution in [2.24, 2.45) is 0 Å². The number of amides is 3. The Morgan fingerprint density at radius 1 is 1.18 bits per heavy atom. The lowest BCUT2D eigenvalue weighted by Crippen LogP contribution is -2.47. The largest absolute Gasteiger partial charge is 0.438 e. The molecule has 2 aromatic carbocycles. The van der Waals surface area contributed by atoms with Gasteiger partial charge in [-0.05, 0) is 48.2 Å². The number of ether oxygens (including phenoxy) is 2. The predicted molar refractivity (Wildman–Crippen MR) is 118 cm³/mol. The quantitative estimate of drug-likeness (QED) is 0.669. The first-order valence-electron chi connectivity index (χ1n) is 10.9. The van der Waals surface area contributed by atoms with Crippen molar-refractivity contribution in [3.8, 4) is 0 Å². The summed E-state index contributed by atoms with van der Waals surface area (Å²) in [4.78, 5) is 38.6. The van der Waals surface area contributed by atoms with E-state index in [9.17, 15) is 18.8 Å². The van der Waals surface area contributed by atoms with Gasteiger partial charge < -0.3 is 20.1 Å². The van der Waals surface area contributed by atoms with Crippen LogP contribution in [0, 0.1) is 5.82 Å². The molecule has 0 saturated carbocycles. The number of cyclic esters (lactones) is 1. The molecule has 2 saturated heterocycles. The van der Waals surface area contributed by atoms with Gasteiger partial charge in [0, 0.05) is 25.8 Å². The van der Waals surface area contributed by atoms with E-state index in [0.717, 1.165) is 12.8 Å². The number of nitrogens with one attached hydrogen (secondary N) is 2. The van der Waals surface area contributed by atoms with Crippen molar-refractivity contribution in [3.63, 3.8) is 0 Å². The number of carbonyl (C=O) groups excluding carboxylic acids is 3. The summed E-state index contributed by atoms with van der Waals surface area (Å²) < 4.78 is 24.9. The molecule has 0 aromatic heterocycles. The van der Waals surface area contributed by atoms with Crippen LogP contribution < -0.4 is 10.6 Å². The SMILES string of the molecule is CC(=O)Nc1ccc(C2OC(=O)N(Cc3cccc(F)c3)C2C(=O)NCC2CCCO2)cc1. The average molecular weight is 455 g/mol. The second-order valence-electron chi connectivity index (χ2n) is 8.19. The molecule has 3 atom stereocenters. The van der Waals surface area contributed by atoms with Gasteiger partial charge in [-0.2, -0.15) is 0 Å². The van der Waals surface area contributed by atoms with Gasteiger partial charge in [0.1, 0.15) is 5.82 Å². The molecule has 3 amide bonds. The van der Waals surface area contributed by atoms with Gasteiger partial charge in [0.25, 0.3) is 0 Å². The van der Waals surface area contributed by atoms with Crippen molar-refractivity contribution in [1.82, 2.24) is 10.2 Å². The van der Waals surface area contributed by atoms with Gasteiger partial charge in [-0.25, -0.2) is 9.18 Å². The summed E-state index contributed by atoms with van der Waals surface area (Å²) in [7, 11) is 0. The highest BCUT2D eigenvalue weighted by molar-refractivity contribution is 5.90. The van der Waals surface area contributed by atoms with E-state index < -0.39 is 24.1 Å². The Hall–Kier alpha value is -3.46. The highest BCUT2D eigenvalue weighted by atomic mass is 19.1. The number of halogens is 1. The van der Waals surface area contributed by atoms with Crippen molar-refractivity contribution in [1.29, 1.82) is 0 Å². The van der Waals surface area contributed by atoms with Gasteiger partial charge in [-0.3, -0.25) is 14.5 Å². The molecule has 0 bridgehead atoms. The van der Waals surface area contributed by atoms with E-state index in [1.54, 1.807) is 36.4 Å². The summed E-state index contributed by atoms with van der Waals surface area (Å²) in [5, 5.41) is 5.56. The molecular weight excluding hydrogens is 429 g/mol. The van der Waals surface area contributed by atoms with E-state index >= 15 is 0 Å². The maximum Gasteiger partial charge on any atom is 0.411 e. The van der Waals surface area contributed by atoms with E-state index in [4.69, 9.17) is 9.47 Å². The molecule has 3 unspecified atom stereocenters. The second kappa shape index (κ2) is 9.99. The van der Waals surface area contributed by atoms with Crippen LogP contribution in [0.4, 0.5) is 14.9 Å². The lowest BCUT2D eigenvalue weighted by molar-refractivity contribution is -0.126. The number of rotatable bonds is 7. The maximum atomic E-state index is 13.7. The van der Waals surface area contributed by atoms with Gasteiger partial charge in [0.2, 0.25) is 11.8 Å². The molecule has 2 fully saturated rings. The minimum absolute atomic E-state index is 0.0229.